The van der Waals surface area contributed by atoms with E-state index in [2.05, 4.69) is 22.4 Å². The van der Waals surface area contributed by atoms with Crippen molar-refractivity contribution in [2.24, 2.45) is 11.8 Å². The van der Waals surface area contributed by atoms with Crippen LogP contribution in [0.4, 0.5) is 0 Å². The first kappa shape index (κ1) is 11.9. The van der Waals surface area contributed by atoms with E-state index in [1.807, 2.05) is 12.4 Å². The van der Waals surface area contributed by atoms with Crippen LogP contribution >= 0.6 is 0 Å². The molecule has 3 nitrogen and oxygen atoms in total. The summed E-state index contributed by atoms with van der Waals surface area (Å²) in [4.78, 5) is 4.06. The van der Waals surface area contributed by atoms with Gasteiger partial charge in [-0.2, -0.15) is 0 Å². The fourth-order valence-electron chi connectivity index (χ4n) is 5.21. The zero-order valence-electron chi connectivity index (χ0n) is 11.3. The van der Waals surface area contributed by atoms with Gasteiger partial charge in [0.25, 0.3) is 0 Å². The maximum atomic E-state index is 10.7. The summed E-state index contributed by atoms with van der Waals surface area (Å²) in [6.07, 6.45) is 10.6. The number of nitrogens with zero attached hydrogens (tertiary/aromatic N) is 1. The molecule has 0 radical (unpaired) electrons. The van der Waals surface area contributed by atoms with Crippen LogP contribution in [-0.2, 0) is 6.54 Å². The third-order valence-electron chi connectivity index (χ3n) is 5.45. The van der Waals surface area contributed by atoms with Crippen molar-refractivity contribution >= 4 is 0 Å². The van der Waals surface area contributed by atoms with Crippen LogP contribution in [0.3, 0.4) is 0 Å². The minimum Gasteiger partial charge on any atom is -0.390 e. The lowest BCUT2D eigenvalue weighted by atomic mass is 9.51. The number of hydrogen-bond acceptors (Lipinski definition) is 3. The van der Waals surface area contributed by atoms with Gasteiger partial charge >= 0.3 is 0 Å². The van der Waals surface area contributed by atoms with Crippen molar-refractivity contribution in [1.82, 2.24) is 10.3 Å². The third kappa shape index (κ3) is 2.09. The summed E-state index contributed by atoms with van der Waals surface area (Å²) in [5, 5.41) is 14.5. The van der Waals surface area contributed by atoms with E-state index >= 15 is 0 Å². The first-order chi connectivity index (χ1) is 9.15. The Bertz CT molecular complexity index is 459. The number of nitrogens with one attached hydrogen (secondary N) is 1. The largest absolute Gasteiger partial charge is 0.390 e. The smallest absolute Gasteiger partial charge is 0.0670 e. The molecule has 2 N–H and O–H groups in total. The first-order valence-electron chi connectivity index (χ1n) is 7.51. The highest BCUT2D eigenvalue weighted by atomic mass is 16.3. The topological polar surface area (TPSA) is 45.1 Å². The zero-order valence-corrected chi connectivity index (χ0v) is 11.3. The van der Waals surface area contributed by atoms with Crippen molar-refractivity contribution in [2.45, 2.75) is 56.2 Å². The molecule has 5 rings (SSSR count). The standard InChI is InChI=1S/C16H22N2O/c19-16-8-13-5-14(9-16)7-15(6-13,11-16)18-10-12-1-3-17-4-2-12/h1-4,13-14,18-19H,5-11H2/t13-,14-,15?,16?/m0/s1. The molecule has 1 heterocycles. The quantitative estimate of drug-likeness (QED) is 0.874. The summed E-state index contributed by atoms with van der Waals surface area (Å²) < 4.78 is 0. The van der Waals surface area contributed by atoms with Crippen molar-refractivity contribution in [1.29, 1.82) is 0 Å². The van der Waals surface area contributed by atoms with Crippen LogP contribution in [0, 0.1) is 11.8 Å². The van der Waals surface area contributed by atoms with E-state index in [0.717, 1.165) is 37.6 Å². The first-order valence-corrected chi connectivity index (χ1v) is 7.51. The van der Waals surface area contributed by atoms with Gasteiger partial charge in [0.05, 0.1) is 5.60 Å². The lowest BCUT2D eigenvalue weighted by molar-refractivity contribution is -0.142. The van der Waals surface area contributed by atoms with Gasteiger partial charge in [-0.3, -0.25) is 4.98 Å². The van der Waals surface area contributed by atoms with Crippen molar-refractivity contribution in [3.63, 3.8) is 0 Å². The molecule has 0 aromatic carbocycles. The van der Waals surface area contributed by atoms with E-state index in [0.29, 0.717) is 0 Å². The number of rotatable bonds is 3. The molecule has 0 saturated heterocycles. The lowest BCUT2D eigenvalue weighted by Crippen LogP contribution is -2.64. The Kier molecular flexibility index (Phi) is 2.52. The van der Waals surface area contributed by atoms with Crippen LogP contribution in [0.15, 0.2) is 24.5 Å². The number of aromatic nitrogens is 1. The van der Waals surface area contributed by atoms with Crippen LogP contribution in [0.5, 0.6) is 0 Å². The lowest BCUT2D eigenvalue weighted by Gasteiger charge is -2.60. The average molecular weight is 258 g/mol. The summed E-state index contributed by atoms with van der Waals surface area (Å²) in [5.41, 5.74) is 1.12. The molecule has 4 fully saturated rings. The van der Waals surface area contributed by atoms with E-state index in [-0.39, 0.29) is 11.1 Å². The molecular formula is C16H22N2O. The van der Waals surface area contributed by atoms with Gasteiger partial charge in [0, 0.05) is 24.5 Å². The van der Waals surface area contributed by atoms with Gasteiger partial charge in [-0.15, -0.1) is 0 Å². The highest BCUT2D eigenvalue weighted by Gasteiger charge is 2.56. The molecule has 0 aliphatic heterocycles. The molecule has 1 aromatic rings. The second-order valence-electron chi connectivity index (χ2n) is 7.17. The zero-order chi connectivity index (χ0) is 12.9. The molecule has 19 heavy (non-hydrogen) atoms. The Morgan fingerprint density at radius 1 is 1.16 bits per heavy atom. The molecule has 1 aromatic heterocycles. The molecule has 4 aliphatic carbocycles. The average Bonchev–Trinajstić information content (AvgIpc) is 2.35. The molecular weight excluding hydrogens is 236 g/mol. The number of pyridine rings is 1. The fourth-order valence-corrected chi connectivity index (χ4v) is 5.21. The third-order valence-corrected chi connectivity index (χ3v) is 5.45. The molecule has 4 saturated carbocycles. The Balaban J connectivity index is 1.51. The van der Waals surface area contributed by atoms with Gasteiger partial charge in [-0.1, -0.05) is 0 Å². The van der Waals surface area contributed by atoms with Crippen LogP contribution in [0.25, 0.3) is 0 Å². The minimum atomic E-state index is -0.366. The summed E-state index contributed by atoms with van der Waals surface area (Å²) in [6, 6.07) is 4.14. The molecule has 3 heteroatoms. The fraction of sp³-hybridized carbons (Fsp3) is 0.688. The Labute approximate surface area is 114 Å². The summed E-state index contributed by atoms with van der Waals surface area (Å²) in [5.74, 6) is 1.49. The van der Waals surface area contributed by atoms with Crippen molar-refractivity contribution < 1.29 is 5.11 Å². The second kappa shape index (κ2) is 4.03. The van der Waals surface area contributed by atoms with E-state index in [1.165, 1.54) is 24.8 Å². The molecule has 0 spiro atoms. The maximum absolute atomic E-state index is 10.7. The van der Waals surface area contributed by atoms with Gasteiger partial charge in [0.2, 0.25) is 0 Å². The summed E-state index contributed by atoms with van der Waals surface area (Å²) >= 11 is 0. The highest BCUT2D eigenvalue weighted by Crippen LogP contribution is 2.57. The Morgan fingerprint density at radius 2 is 1.84 bits per heavy atom. The van der Waals surface area contributed by atoms with E-state index in [9.17, 15) is 5.11 Å². The molecule has 4 bridgehead atoms. The predicted octanol–water partition coefficient (Wildman–Crippen LogP) is 2.25. The summed E-state index contributed by atoms with van der Waals surface area (Å²) in [6.45, 7) is 0.901. The number of aliphatic hydroxyl groups is 1. The van der Waals surface area contributed by atoms with Crippen LogP contribution in [0.1, 0.15) is 44.1 Å². The Hall–Kier alpha value is -0.930. The normalized spacial score (nSPS) is 43.6. The van der Waals surface area contributed by atoms with Crippen LogP contribution in [0.2, 0.25) is 0 Å². The minimum absolute atomic E-state index is 0.197. The predicted molar refractivity (Wildman–Crippen MR) is 73.4 cm³/mol. The monoisotopic (exact) mass is 258 g/mol. The van der Waals surface area contributed by atoms with E-state index in [1.54, 1.807) is 0 Å². The molecule has 0 unspecified atom stereocenters. The van der Waals surface area contributed by atoms with Crippen LogP contribution in [-0.4, -0.2) is 21.2 Å². The maximum Gasteiger partial charge on any atom is 0.0670 e. The molecule has 0 amide bonds. The summed E-state index contributed by atoms with van der Waals surface area (Å²) in [7, 11) is 0. The van der Waals surface area contributed by atoms with Crippen molar-refractivity contribution in [2.75, 3.05) is 0 Å². The van der Waals surface area contributed by atoms with Gasteiger partial charge in [0.1, 0.15) is 0 Å². The van der Waals surface area contributed by atoms with Gasteiger partial charge in [-0.05, 0) is 68.1 Å². The second-order valence-corrected chi connectivity index (χ2v) is 7.17. The highest BCUT2D eigenvalue weighted by molar-refractivity contribution is 5.15. The van der Waals surface area contributed by atoms with Crippen molar-refractivity contribution in [3.8, 4) is 0 Å². The van der Waals surface area contributed by atoms with Gasteiger partial charge < -0.3 is 10.4 Å². The molecule has 4 aliphatic rings. The van der Waals surface area contributed by atoms with Crippen LogP contribution < -0.4 is 5.32 Å². The molecule has 102 valence electrons. The van der Waals surface area contributed by atoms with Gasteiger partial charge in [-0.25, -0.2) is 0 Å². The SMILES string of the molecule is OC12C[C@H]3C[C@H](C1)CC(NCc1ccncc1)(C3)C2. The van der Waals surface area contributed by atoms with Gasteiger partial charge in [0.15, 0.2) is 0 Å². The van der Waals surface area contributed by atoms with E-state index in [4.69, 9.17) is 0 Å². The number of hydrogen-bond donors (Lipinski definition) is 2. The van der Waals surface area contributed by atoms with E-state index < -0.39 is 0 Å². The Morgan fingerprint density at radius 3 is 2.47 bits per heavy atom. The molecule has 2 atom stereocenters. The van der Waals surface area contributed by atoms with Crippen molar-refractivity contribution in [3.05, 3.63) is 30.1 Å².